The van der Waals surface area contributed by atoms with Crippen molar-refractivity contribution in [2.75, 3.05) is 19.6 Å². The van der Waals surface area contributed by atoms with E-state index >= 15 is 0 Å². The van der Waals surface area contributed by atoms with Crippen LogP contribution in [0.5, 0.6) is 0 Å². The Morgan fingerprint density at radius 2 is 2.00 bits per heavy atom. The topological polar surface area (TPSA) is 46.3 Å². The summed E-state index contributed by atoms with van der Waals surface area (Å²) in [6.45, 7) is 2.02. The summed E-state index contributed by atoms with van der Waals surface area (Å²) < 4.78 is 13.5. The van der Waals surface area contributed by atoms with Crippen LogP contribution in [0.15, 0.2) is 24.3 Å². The van der Waals surface area contributed by atoms with Crippen LogP contribution in [-0.2, 0) is 0 Å². The number of benzene rings is 1. The van der Waals surface area contributed by atoms with Crippen LogP contribution < -0.4 is 5.73 Å². The van der Waals surface area contributed by atoms with Crippen molar-refractivity contribution in [1.82, 2.24) is 4.90 Å². The first-order valence-electron chi connectivity index (χ1n) is 5.96. The van der Waals surface area contributed by atoms with Crippen molar-refractivity contribution in [1.29, 1.82) is 0 Å². The minimum absolute atomic E-state index is 0.165. The molecular formula is C13H17FN2O. The number of amides is 1. The fourth-order valence-corrected chi connectivity index (χ4v) is 2.18. The number of carbonyl (C=O) groups is 1. The van der Waals surface area contributed by atoms with Crippen molar-refractivity contribution in [2.45, 2.75) is 12.8 Å². The summed E-state index contributed by atoms with van der Waals surface area (Å²) in [7, 11) is 0. The van der Waals surface area contributed by atoms with E-state index in [1.807, 2.05) is 0 Å². The smallest absolute Gasteiger partial charge is 0.256 e. The number of hydrogen-bond acceptors (Lipinski definition) is 2. The van der Waals surface area contributed by atoms with E-state index in [0.29, 0.717) is 25.6 Å². The predicted molar refractivity (Wildman–Crippen MR) is 64.1 cm³/mol. The molecule has 0 spiro atoms. The molecule has 1 saturated heterocycles. The fourth-order valence-electron chi connectivity index (χ4n) is 2.18. The molecule has 1 aromatic carbocycles. The molecule has 2 N–H and O–H groups in total. The summed E-state index contributed by atoms with van der Waals surface area (Å²) in [5.74, 6) is -0.156. The molecule has 0 saturated carbocycles. The average Bonchev–Trinajstić information content (AvgIpc) is 2.39. The predicted octanol–water partition coefficient (Wildman–Crippen LogP) is 1.64. The third-order valence-electron chi connectivity index (χ3n) is 3.34. The highest BCUT2D eigenvalue weighted by Crippen LogP contribution is 2.18. The van der Waals surface area contributed by atoms with E-state index in [9.17, 15) is 9.18 Å². The van der Waals surface area contributed by atoms with Gasteiger partial charge in [0.25, 0.3) is 5.91 Å². The molecule has 4 heteroatoms. The van der Waals surface area contributed by atoms with Gasteiger partial charge in [-0.25, -0.2) is 4.39 Å². The molecule has 0 aliphatic carbocycles. The zero-order chi connectivity index (χ0) is 12.3. The molecule has 0 atom stereocenters. The molecule has 1 aliphatic heterocycles. The van der Waals surface area contributed by atoms with Crippen LogP contribution >= 0.6 is 0 Å². The van der Waals surface area contributed by atoms with Crippen LogP contribution in [0.25, 0.3) is 0 Å². The van der Waals surface area contributed by atoms with Crippen molar-refractivity contribution < 1.29 is 9.18 Å². The number of hydrogen-bond donors (Lipinski definition) is 1. The van der Waals surface area contributed by atoms with Crippen LogP contribution in [0.1, 0.15) is 23.2 Å². The summed E-state index contributed by atoms with van der Waals surface area (Å²) in [6.07, 6.45) is 1.83. The normalized spacial score (nSPS) is 17.2. The maximum atomic E-state index is 13.5. The van der Waals surface area contributed by atoms with Crippen LogP contribution in [0.2, 0.25) is 0 Å². The van der Waals surface area contributed by atoms with E-state index in [0.717, 1.165) is 12.8 Å². The molecule has 0 bridgehead atoms. The Balaban J connectivity index is 2.04. The van der Waals surface area contributed by atoms with Gasteiger partial charge in [0.05, 0.1) is 5.56 Å². The largest absolute Gasteiger partial charge is 0.339 e. The molecule has 1 amide bonds. The Morgan fingerprint density at radius 3 is 2.59 bits per heavy atom. The van der Waals surface area contributed by atoms with E-state index < -0.39 is 5.82 Å². The summed E-state index contributed by atoms with van der Waals surface area (Å²) in [4.78, 5) is 13.8. The average molecular weight is 236 g/mol. The van der Waals surface area contributed by atoms with E-state index in [2.05, 4.69) is 0 Å². The number of likely N-dealkylation sites (tertiary alicyclic amines) is 1. The highest BCUT2D eigenvalue weighted by molar-refractivity contribution is 5.94. The first kappa shape index (κ1) is 12.0. The van der Waals surface area contributed by atoms with E-state index in [-0.39, 0.29) is 11.5 Å². The van der Waals surface area contributed by atoms with E-state index in [1.54, 1.807) is 17.0 Å². The van der Waals surface area contributed by atoms with E-state index in [1.165, 1.54) is 12.1 Å². The lowest BCUT2D eigenvalue weighted by Crippen LogP contribution is -2.40. The van der Waals surface area contributed by atoms with Gasteiger partial charge in [-0.05, 0) is 37.4 Å². The van der Waals surface area contributed by atoms with Gasteiger partial charge in [0.15, 0.2) is 0 Å². The number of nitrogens with zero attached hydrogens (tertiary/aromatic N) is 1. The molecule has 1 aliphatic rings. The highest BCUT2D eigenvalue weighted by Gasteiger charge is 2.24. The minimum Gasteiger partial charge on any atom is -0.339 e. The lowest BCUT2D eigenvalue weighted by Gasteiger charge is -2.31. The second-order valence-corrected chi connectivity index (χ2v) is 4.45. The molecule has 2 rings (SSSR count). The van der Waals surface area contributed by atoms with Crippen LogP contribution in [0.4, 0.5) is 4.39 Å². The zero-order valence-electron chi connectivity index (χ0n) is 9.73. The van der Waals surface area contributed by atoms with Gasteiger partial charge in [-0.2, -0.15) is 0 Å². The number of nitrogens with two attached hydrogens (primary N) is 1. The molecule has 0 aromatic heterocycles. The molecule has 0 radical (unpaired) electrons. The van der Waals surface area contributed by atoms with E-state index in [4.69, 9.17) is 5.73 Å². The van der Waals surface area contributed by atoms with Crippen molar-refractivity contribution in [3.05, 3.63) is 35.6 Å². The second kappa shape index (κ2) is 5.27. The van der Waals surface area contributed by atoms with Crippen molar-refractivity contribution in [2.24, 2.45) is 11.7 Å². The van der Waals surface area contributed by atoms with Crippen molar-refractivity contribution >= 4 is 5.91 Å². The second-order valence-electron chi connectivity index (χ2n) is 4.45. The highest BCUT2D eigenvalue weighted by atomic mass is 19.1. The van der Waals surface area contributed by atoms with Gasteiger partial charge in [-0.1, -0.05) is 12.1 Å². The SMILES string of the molecule is NCC1CCN(C(=O)c2ccccc2F)CC1. The molecule has 1 fully saturated rings. The summed E-state index contributed by atoms with van der Waals surface area (Å²) >= 11 is 0. The molecule has 1 heterocycles. The summed E-state index contributed by atoms with van der Waals surface area (Å²) in [5, 5.41) is 0. The standard InChI is InChI=1S/C13H17FN2O/c14-12-4-2-1-3-11(12)13(17)16-7-5-10(9-15)6-8-16/h1-4,10H,5-9,15H2. The summed E-state index contributed by atoms with van der Waals surface area (Å²) in [5.41, 5.74) is 5.76. The van der Waals surface area contributed by atoms with Gasteiger partial charge >= 0.3 is 0 Å². The van der Waals surface area contributed by atoms with Gasteiger partial charge in [-0.3, -0.25) is 4.79 Å². The van der Waals surface area contributed by atoms with Crippen molar-refractivity contribution in [3.63, 3.8) is 0 Å². The van der Waals surface area contributed by atoms with Crippen molar-refractivity contribution in [3.8, 4) is 0 Å². The zero-order valence-corrected chi connectivity index (χ0v) is 9.73. The molecule has 92 valence electrons. The summed E-state index contributed by atoms with van der Waals surface area (Å²) in [6, 6.07) is 6.13. The molecular weight excluding hydrogens is 219 g/mol. The quantitative estimate of drug-likeness (QED) is 0.848. The van der Waals surface area contributed by atoms with Crippen LogP contribution in [-0.4, -0.2) is 30.4 Å². The number of carbonyl (C=O) groups excluding carboxylic acids is 1. The third kappa shape index (κ3) is 2.64. The lowest BCUT2D eigenvalue weighted by atomic mass is 9.96. The molecule has 1 aromatic rings. The Kier molecular flexibility index (Phi) is 3.74. The first-order valence-corrected chi connectivity index (χ1v) is 5.96. The molecule has 17 heavy (non-hydrogen) atoms. The number of rotatable bonds is 2. The van der Waals surface area contributed by atoms with Gasteiger partial charge in [0.1, 0.15) is 5.82 Å². The van der Waals surface area contributed by atoms with Crippen LogP contribution in [0.3, 0.4) is 0 Å². The maximum absolute atomic E-state index is 13.5. The number of halogens is 1. The van der Waals surface area contributed by atoms with Gasteiger partial charge in [0, 0.05) is 13.1 Å². The number of piperidine rings is 1. The van der Waals surface area contributed by atoms with Gasteiger partial charge in [-0.15, -0.1) is 0 Å². The molecule has 0 unspecified atom stereocenters. The van der Waals surface area contributed by atoms with Gasteiger partial charge < -0.3 is 10.6 Å². The lowest BCUT2D eigenvalue weighted by molar-refractivity contribution is 0.0688. The minimum atomic E-state index is -0.446. The third-order valence-corrected chi connectivity index (χ3v) is 3.34. The monoisotopic (exact) mass is 236 g/mol. The molecule has 3 nitrogen and oxygen atoms in total. The Morgan fingerprint density at radius 1 is 1.35 bits per heavy atom. The Bertz CT molecular complexity index is 400. The Labute approximate surface area is 100 Å². The van der Waals surface area contributed by atoms with Gasteiger partial charge in [0.2, 0.25) is 0 Å². The Hall–Kier alpha value is -1.42. The first-order chi connectivity index (χ1) is 8.22. The fraction of sp³-hybridized carbons (Fsp3) is 0.462. The van der Waals surface area contributed by atoms with Crippen LogP contribution in [0, 0.1) is 11.7 Å². The maximum Gasteiger partial charge on any atom is 0.256 e.